The molecule has 1 heterocycles. The van der Waals surface area contributed by atoms with Crippen molar-refractivity contribution in [3.8, 4) is 17.0 Å². The summed E-state index contributed by atoms with van der Waals surface area (Å²) in [5.41, 5.74) is 0.155. The van der Waals surface area contributed by atoms with Crippen LogP contribution in [0.5, 0.6) is 10.9 Å². The summed E-state index contributed by atoms with van der Waals surface area (Å²) in [6, 6.07) is 11.2. The van der Waals surface area contributed by atoms with Gasteiger partial charge >= 0.3 is 5.97 Å². The number of ether oxygens (including phenoxy) is 2. The monoisotopic (exact) mass is 510 g/mol. The van der Waals surface area contributed by atoms with Crippen LogP contribution in [0.2, 0.25) is 0 Å². The fraction of sp³-hybridized carbons (Fsp3) is 0.316. The summed E-state index contributed by atoms with van der Waals surface area (Å²) in [6.07, 6.45) is 0.873. The van der Waals surface area contributed by atoms with E-state index in [1.54, 1.807) is 5.38 Å². The Labute approximate surface area is 178 Å². The topological polar surface area (TPSA) is 72.2 Å². The zero-order valence-electron chi connectivity index (χ0n) is 14.6. The van der Waals surface area contributed by atoms with Crippen molar-refractivity contribution in [3.63, 3.8) is 0 Å². The predicted molar refractivity (Wildman–Crippen MR) is 110 cm³/mol. The van der Waals surface area contributed by atoms with Crippen LogP contribution in [0.25, 0.3) is 0 Å². The Balaban J connectivity index is 1.67. The lowest BCUT2D eigenvalue weighted by Gasteiger charge is -2.09. The number of nitriles is 1. The van der Waals surface area contributed by atoms with Gasteiger partial charge in [-0.2, -0.15) is 5.26 Å². The zero-order valence-corrected chi connectivity index (χ0v) is 18.5. The molecule has 0 saturated heterocycles. The molecule has 1 aromatic carbocycles. The van der Waals surface area contributed by atoms with Crippen LogP contribution in [0.15, 0.2) is 45.2 Å². The molecule has 0 spiro atoms. The number of rotatable bonds is 6. The van der Waals surface area contributed by atoms with E-state index in [2.05, 4.69) is 36.8 Å². The first-order chi connectivity index (χ1) is 12.8. The van der Waals surface area contributed by atoms with Crippen molar-refractivity contribution in [3.05, 3.63) is 50.9 Å². The van der Waals surface area contributed by atoms with Crippen LogP contribution in [-0.2, 0) is 9.53 Å². The number of thiazole rings is 1. The molecule has 1 saturated carbocycles. The lowest BCUT2D eigenvalue weighted by molar-refractivity contribution is -0.149. The molecule has 3 rings (SSSR count). The quantitative estimate of drug-likeness (QED) is 0.448. The van der Waals surface area contributed by atoms with Gasteiger partial charge in [0.2, 0.25) is 6.10 Å². The molecule has 2 aromatic rings. The number of carbonyl (C=O) groups excluding carboxylic acids is 1. The summed E-state index contributed by atoms with van der Waals surface area (Å²) >= 11 is 7.90. The van der Waals surface area contributed by atoms with Crippen molar-refractivity contribution >= 4 is 49.2 Å². The number of halogens is 2. The molecular formula is C19H16Br2N2O3S. The molecule has 0 radical (unpaired) electrons. The average molecular weight is 512 g/mol. The zero-order chi connectivity index (χ0) is 19.6. The summed E-state index contributed by atoms with van der Waals surface area (Å²) in [6.45, 7) is 4.00. The average Bonchev–Trinajstić information content (AvgIpc) is 2.95. The van der Waals surface area contributed by atoms with Crippen LogP contribution in [0, 0.1) is 28.6 Å². The number of benzene rings is 1. The predicted octanol–water partition coefficient (Wildman–Crippen LogP) is 5.95. The third-order valence-corrected chi connectivity index (χ3v) is 5.80. The van der Waals surface area contributed by atoms with Crippen LogP contribution in [0.4, 0.5) is 0 Å². The molecule has 0 N–H and O–H groups in total. The van der Waals surface area contributed by atoms with Crippen molar-refractivity contribution in [2.75, 3.05) is 0 Å². The van der Waals surface area contributed by atoms with Gasteiger partial charge in [0.1, 0.15) is 17.5 Å². The van der Waals surface area contributed by atoms with Crippen molar-refractivity contribution in [1.82, 2.24) is 4.98 Å². The Kier molecular flexibility index (Phi) is 6.04. The van der Waals surface area contributed by atoms with Crippen molar-refractivity contribution in [2.24, 2.45) is 17.3 Å². The van der Waals surface area contributed by atoms with Crippen LogP contribution in [0.1, 0.15) is 25.6 Å². The number of esters is 1. The van der Waals surface area contributed by atoms with Crippen LogP contribution >= 0.6 is 43.2 Å². The number of para-hydroxylation sites is 1. The molecule has 0 unspecified atom stereocenters. The molecule has 0 aliphatic heterocycles. The minimum absolute atomic E-state index is 0.0468. The SMILES string of the molecule is CC1(C)[C@H](C(=O)O[C@@H](C#N)c2csc(Oc3ccccc3)n2)[C@@H]1C=C(Br)Br. The first-order valence-corrected chi connectivity index (χ1v) is 10.6. The van der Waals surface area contributed by atoms with Crippen molar-refractivity contribution < 1.29 is 14.3 Å². The molecule has 140 valence electrons. The molecule has 5 nitrogen and oxygen atoms in total. The largest absolute Gasteiger partial charge is 0.440 e. The van der Waals surface area contributed by atoms with E-state index < -0.39 is 12.1 Å². The first kappa shape index (κ1) is 20.1. The van der Waals surface area contributed by atoms with E-state index in [0.29, 0.717) is 16.6 Å². The second kappa shape index (κ2) is 8.13. The fourth-order valence-corrected chi connectivity index (χ4v) is 4.21. The first-order valence-electron chi connectivity index (χ1n) is 8.14. The number of aromatic nitrogens is 1. The van der Waals surface area contributed by atoms with Gasteiger partial charge in [-0.05, 0) is 55.3 Å². The highest BCUT2D eigenvalue weighted by atomic mass is 79.9. The molecule has 1 fully saturated rings. The Morgan fingerprint density at radius 1 is 1.37 bits per heavy atom. The van der Waals surface area contributed by atoms with Gasteiger partial charge in [-0.1, -0.05) is 49.5 Å². The molecule has 1 aromatic heterocycles. The van der Waals surface area contributed by atoms with Gasteiger partial charge in [0.15, 0.2) is 0 Å². The van der Waals surface area contributed by atoms with Gasteiger partial charge in [0, 0.05) is 5.38 Å². The van der Waals surface area contributed by atoms with Gasteiger partial charge in [-0.3, -0.25) is 4.79 Å². The van der Waals surface area contributed by atoms with Gasteiger partial charge in [0.05, 0.1) is 9.31 Å². The summed E-state index contributed by atoms with van der Waals surface area (Å²) in [4.78, 5) is 16.8. The van der Waals surface area contributed by atoms with E-state index in [1.165, 1.54) is 11.3 Å². The third kappa shape index (κ3) is 4.60. The summed E-state index contributed by atoms with van der Waals surface area (Å²) in [5.74, 6) is 0.00816. The second-order valence-corrected chi connectivity index (χ2v) is 10.3. The highest BCUT2D eigenvalue weighted by Gasteiger charge is 2.61. The number of hydrogen-bond donors (Lipinski definition) is 0. The maximum atomic E-state index is 12.6. The summed E-state index contributed by atoms with van der Waals surface area (Å²) in [7, 11) is 0. The van der Waals surface area contributed by atoms with E-state index in [4.69, 9.17) is 9.47 Å². The minimum atomic E-state index is -1.06. The smallest absolute Gasteiger partial charge is 0.311 e. The number of carbonyl (C=O) groups is 1. The second-order valence-electron chi connectivity index (χ2n) is 6.68. The van der Waals surface area contributed by atoms with Crippen molar-refractivity contribution in [1.29, 1.82) is 5.26 Å². The minimum Gasteiger partial charge on any atom is -0.440 e. The molecule has 0 amide bonds. The van der Waals surface area contributed by atoms with E-state index in [9.17, 15) is 10.1 Å². The van der Waals surface area contributed by atoms with Gasteiger partial charge < -0.3 is 9.47 Å². The van der Waals surface area contributed by atoms with Crippen LogP contribution < -0.4 is 4.74 Å². The van der Waals surface area contributed by atoms with Gasteiger partial charge in [-0.15, -0.1) is 0 Å². The molecule has 27 heavy (non-hydrogen) atoms. The normalized spacial score (nSPS) is 20.9. The highest BCUT2D eigenvalue weighted by molar-refractivity contribution is 9.28. The van der Waals surface area contributed by atoms with E-state index in [0.717, 1.165) is 3.39 Å². The third-order valence-electron chi connectivity index (χ3n) is 4.54. The Hall–Kier alpha value is -1.69. The molecule has 3 atom stereocenters. The molecule has 8 heteroatoms. The van der Waals surface area contributed by atoms with E-state index in [-0.39, 0.29) is 17.3 Å². The van der Waals surface area contributed by atoms with Gasteiger partial charge in [-0.25, -0.2) is 4.98 Å². The lowest BCUT2D eigenvalue weighted by Crippen LogP contribution is -2.14. The van der Waals surface area contributed by atoms with Gasteiger partial charge in [0.25, 0.3) is 5.19 Å². The molecule has 0 bridgehead atoms. The number of hydrogen-bond acceptors (Lipinski definition) is 6. The van der Waals surface area contributed by atoms with Crippen LogP contribution in [0.3, 0.4) is 0 Å². The highest BCUT2D eigenvalue weighted by Crippen LogP contribution is 2.60. The standard InChI is InChI=1S/C19H16Br2N2O3S/c1-19(2)12(8-15(20)21)16(19)17(24)26-14(9-22)13-10-27-18(23-13)25-11-6-4-3-5-7-11/h3-8,10,12,14,16H,1-2H3/t12-,14-,16-/m0/s1. The van der Waals surface area contributed by atoms with E-state index >= 15 is 0 Å². The fourth-order valence-electron chi connectivity index (χ4n) is 2.94. The molecular weight excluding hydrogens is 496 g/mol. The lowest BCUT2D eigenvalue weighted by atomic mass is 10.1. The Morgan fingerprint density at radius 3 is 2.70 bits per heavy atom. The number of allylic oxidation sites excluding steroid dienone is 1. The number of nitrogens with zero attached hydrogens (tertiary/aromatic N) is 2. The Morgan fingerprint density at radius 2 is 2.07 bits per heavy atom. The maximum Gasteiger partial charge on any atom is 0.311 e. The summed E-state index contributed by atoms with van der Waals surface area (Å²) < 4.78 is 11.9. The van der Waals surface area contributed by atoms with E-state index in [1.807, 2.05) is 56.3 Å². The molecule has 1 aliphatic carbocycles. The summed E-state index contributed by atoms with van der Waals surface area (Å²) in [5, 5.41) is 11.5. The van der Waals surface area contributed by atoms with Crippen molar-refractivity contribution in [2.45, 2.75) is 20.0 Å². The maximum absolute atomic E-state index is 12.6. The Bertz CT molecular complexity index is 901. The van der Waals surface area contributed by atoms with Crippen LogP contribution in [-0.4, -0.2) is 11.0 Å². The molecule has 1 aliphatic rings.